The molecule has 0 bridgehead atoms. The number of quaternary nitrogens is 1. The van der Waals surface area contributed by atoms with Crippen LogP contribution >= 0.6 is 0 Å². The summed E-state index contributed by atoms with van der Waals surface area (Å²) >= 11 is 0. The van der Waals surface area contributed by atoms with E-state index in [4.69, 9.17) is 0 Å². The van der Waals surface area contributed by atoms with Crippen molar-refractivity contribution in [3.63, 3.8) is 0 Å². The molecular formula is C13H22IN. The first kappa shape index (κ1) is 14.9. The normalized spacial score (nSPS) is 27.9. The maximum Gasteiger partial charge on any atom is 0.111 e. The first-order valence-corrected chi connectivity index (χ1v) is 5.34. The fraction of sp³-hybridized carbons (Fsp3) is 0.538. The average molecular weight is 319 g/mol. The van der Waals surface area contributed by atoms with Crippen molar-refractivity contribution >= 4 is 0 Å². The molecule has 0 spiro atoms. The molecule has 0 unspecified atom stereocenters. The van der Waals surface area contributed by atoms with Gasteiger partial charge < -0.3 is 28.5 Å². The Morgan fingerprint density at radius 3 is 2.40 bits per heavy atom. The van der Waals surface area contributed by atoms with Gasteiger partial charge in [0.15, 0.2) is 0 Å². The lowest BCUT2D eigenvalue weighted by atomic mass is 9.95. The zero-order chi connectivity index (χ0) is 10.6. The Bertz CT molecular complexity index is 243. The van der Waals surface area contributed by atoms with Gasteiger partial charge in [0.25, 0.3) is 0 Å². The number of halogens is 1. The van der Waals surface area contributed by atoms with E-state index in [1.165, 1.54) is 6.42 Å². The van der Waals surface area contributed by atoms with Crippen molar-refractivity contribution in [3.8, 4) is 0 Å². The second kappa shape index (κ2) is 6.48. The summed E-state index contributed by atoms with van der Waals surface area (Å²) in [6.45, 7) is 7.66. The van der Waals surface area contributed by atoms with Gasteiger partial charge >= 0.3 is 0 Å². The molecule has 1 heterocycles. The number of nitrogens with zero attached hydrogens (tertiary/aromatic N) is 1. The largest absolute Gasteiger partial charge is 1.00 e. The maximum absolute atomic E-state index is 3.84. The Balaban J connectivity index is 0.00000196. The number of hydrogen-bond donors (Lipinski definition) is 0. The van der Waals surface area contributed by atoms with Crippen molar-refractivity contribution in [2.45, 2.75) is 31.3 Å². The fourth-order valence-electron chi connectivity index (χ4n) is 2.24. The Kier molecular flexibility index (Phi) is 6.44. The molecule has 1 nitrogen and oxygen atoms in total. The summed E-state index contributed by atoms with van der Waals surface area (Å²) in [6, 6.07) is 1.27. The average Bonchev–Trinajstić information content (AvgIpc) is 2.13. The first-order chi connectivity index (χ1) is 6.62. The van der Waals surface area contributed by atoms with E-state index < -0.39 is 0 Å². The molecule has 86 valence electrons. The fourth-order valence-corrected chi connectivity index (χ4v) is 2.24. The van der Waals surface area contributed by atoms with Crippen LogP contribution in [0.5, 0.6) is 0 Å². The smallest absolute Gasteiger partial charge is 0.111 e. The van der Waals surface area contributed by atoms with Gasteiger partial charge in [0.1, 0.15) is 6.04 Å². The Morgan fingerprint density at radius 1 is 1.27 bits per heavy atom. The third-order valence-electron chi connectivity index (χ3n) is 3.41. The van der Waals surface area contributed by atoms with E-state index in [1.54, 1.807) is 0 Å². The molecule has 0 amide bonds. The predicted molar refractivity (Wildman–Crippen MR) is 63.1 cm³/mol. The molecule has 2 atom stereocenters. The highest BCUT2D eigenvalue weighted by molar-refractivity contribution is 4.99. The van der Waals surface area contributed by atoms with Gasteiger partial charge in [-0.25, -0.2) is 0 Å². The highest BCUT2D eigenvalue weighted by atomic mass is 127. The zero-order valence-corrected chi connectivity index (χ0v) is 12.0. The minimum Gasteiger partial charge on any atom is -1.00 e. The second-order valence-corrected chi connectivity index (χ2v) is 4.56. The molecule has 15 heavy (non-hydrogen) atoms. The minimum absolute atomic E-state index is 0. The quantitative estimate of drug-likeness (QED) is 0.386. The van der Waals surface area contributed by atoms with E-state index in [9.17, 15) is 0 Å². The summed E-state index contributed by atoms with van der Waals surface area (Å²) in [5.41, 5.74) is 0. The first-order valence-electron chi connectivity index (χ1n) is 5.34. The molecule has 0 fully saturated rings. The Hall–Kier alpha value is -0.0900. The van der Waals surface area contributed by atoms with E-state index in [2.05, 4.69) is 39.4 Å². The Labute approximate surface area is 111 Å². The molecule has 1 aliphatic heterocycles. The summed E-state index contributed by atoms with van der Waals surface area (Å²) in [4.78, 5) is 0. The van der Waals surface area contributed by atoms with Crippen LogP contribution in [-0.2, 0) is 0 Å². The number of likely N-dealkylation sites (N-methyl/N-ethyl adjacent to an activating group) is 1. The summed E-state index contributed by atoms with van der Waals surface area (Å²) in [5, 5.41) is 0. The monoisotopic (exact) mass is 319 g/mol. The van der Waals surface area contributed by atoms with Gasteiger partial charge in [0, 0.05) is 19.3 Å². The van der Waals surface area contributed by atoms with E-state index in [1.807, 2.05) is 12.2 Å². The maximum atomic E-state index is 3.84. The molecule has 0 aromatic rings. The van der Waals surface area contributed by atoms with Gasteiger partial charge in [0.2, 0.25) is 0 Å². The highest BCUT2D eigenvalue weighted by Crippen LogP contribution is 2.27. The molecule has 1 rings (SSSR count). The standard InChI is InChI=1S/C13H22N.HI/c1-5-8-12-10-7-11-13(9-6-2)14(12,3)4;/h5-7,10,12-13H,1-2,8-9,11H2,3-4H3;1H/q+1;/p-1/t12-,13-;/m0./s1. The molecule has 0 N–H and O–H groups in total. The molecule has 1 aliphatic rings. The Morgan fingerprint density at radius 2 is 1.87 bits per heavy atom. The van der Waals surface area contributed by atoms with Crippen LogP contribution in [0.15, 0.2) is 37.5 Å². The molecule has 0 aromatic heterocycles. The molecule has 2 heteroatoms. The highest BCUT2D eigenvalue weighted by Gasteiger charge is 2.35. The van der Waals surface area contributed by atoms with Crippen LogP contribution in [0, 0.1) is 0 Å². The molecule has 0 radical (unpaired) electrons. The van der Waals surface area contributed by atoms with Gasteiger partial charge in [-0.05, 0) is 6.08 Å². The van der Waals surface area contributed by atoms with Crippen LogP contribution in [0.4, 0.5) is 0 Å². The van der Waals surface area contributed by atoms with E-state index in [0.29, 0.717) is 12.1 Å². The van der Waals surface area contributed by atoms with E-state index >= 15 is 0 Å². The molecular weight excluding hydrogens is 297 g/mol. The number of rotatable bonds is 4. The van der Waals surface area contributed by atoms with Gasteiger partial charge in [-0.3, -0.25) is 0 Å². The van der Waals surface area contributed by atoms with Crippen molar-refractivity contribution in [2.75, 3.05) is 14.1 Å². The van der Waals surface area contributed by atoms with Crippen molar-refractivity contribution in [1.82, 2.24) is 0 Å². The van der Waals surface area contributed by atoms with Crippen LogP contribution in [0.2, 0.25) is 0 Å². The summed E-state index contributed by atoms with van der Waals surface area (Å²) in [5.74, 6) is 0. The molecule has 0 aromatic carbocycles. The van der Waals surface area contributed by atoms with Gasteiger partial charge in [0.05, 0.1) is 20.1 Å². The van der Waals surface area contributed by atoms with Crippen LogP contribution in [0.1, 0.15) is 19.3 Å². The third-order valence-corrected chi connectivity index (χ3v) is 3.41. The van der Waals surface area contributed by atoms with Crippen molar-refractivity contribution in [1.29, 1.82) is 0 Å². The summed E-state index contributed by atoms with van der Waals surface area (Å²) in [6.07, 6.45) is 12.0. The van der Waals surface area contributed by atoms with Crippen LogP contribution < -0.4 is 24.0 Å². The van der Waals surface area contributed by atoms with Crippen LogP contribution in [0.3, 0.4) is 0 Å². The molecule has 0 aliphatic carbocycles. The van der Waals surface area contributed by atoms with Crippen molar-refractivity contribution in [3.05, 3.63) is 37.5 Å². The second-order valence-electron chi connectivity index (χ2n) is 4.56. The lowest BCUT2D eigenvalue weighted by Gasteiger charge is -2.45. The summed E-state index contributed by atoms with van der Waals surface area (Å²) < 4.78 is 1.06. The van der Waals surface area contributed by atoms with Crippen LogP contribution in [-0.4, -0.2) is 30.7 Å². The van der Waals surface area contributed by atoms with Gasteiger partial charge in [-0.15, -0.1) is 13.2 Å². The van der Waals surface area contributed by atoms with Crippen molar-refractivity contribution < 1.29 is 28.5 Å². The lowest BCUT2D eigenvalue weighted by Crippen LogP contribution is -3.00. The summed E-state index contributed by atoms with van der Waals surface area (Å²) in [7, 11) is 4.62. The molecule has 0 saturated heterocycles. The van der Waals surface area contributed by atoms with Crippen molar-refractivity contribution in [2.24, 2.45) is 0 Å². The SMILES string of the molecule is C=CC[C@H]1CC=C[C@H](CC=C)[N+]1(C)C.[I-]. The zero-order valence-electron chi connectivity index (χ0n) is 9.82. The predicted octanol–water partition coefficient (Wildman–Crippen LogP) is -0.0839. The van der Waals surface area contributed by atoms with Gasteiger partial charge in [-0.1, -0.05) is 18.2 Å². The molecule has 0 saturated carbocycles. The minimum atomic E-state index is 0. The van der Waals surface area contributed by atoms with Gasteiger partial charge in [-0.2, -0.15) is 0 Å². The van der Waals surface area contributed by atoms with E-state index in [-0.39, 0.29) is 24.0 Å². The third kappa shape index (κ3) is 3.45. The van der Waals surface area contributed by atoms with Crippen LogP contribution in [0.25, 0.3) is 0 Å². The lowest BCUT2D eigenvalue weighted by molar-refractivity contribution is -0.933. The number of hydrogen-bond acceptors (Lipinski definition) is 0. The topological polar surface area (TPSA) is 0 Å². The van der Waals surface area contributed by atoms with E-state index in [0.717, 1.165) is 17.3 Å².